The minimum absolute atomic E-state index is 0.0273. The molecule has 2 aliphatic rings. The van der Waals surface area contributed by atoms with Crippen LogP contribution in [0, 0.1) is 0 Å². The number of carbonyl (C=O) groups excluding carboxylic acids is 1. The minimum atomic E-state index is -0.468. The second-order valence-electron chi connectivity index (χ2n) is 8.63. The molecule has 1 amide bonds. The number of carbonyl (C=O) groups is 1. The number of anilines is 2. The Morgan fingerprint density at radius 3 is 1.94 bits per heavy atom. The maximum atomic E-state index is 13.7. The largest absolute Gasteiger partial charge is 0.495 e. The Balaban J connectivity index is 1.42. The van der Waals surface area contributed by atoms with E-state index in [1.165, 1.54) is 0 Å². The number of piperazine rings is 1. The van der Waals surface area contributed by atoms with Gasteiger partial charge in [0.05, 0.1) is 25.6 Å². The Morgan fingerprint density at radius 1 is 0.743 bits per heavy atom. The van der Waals surface area contributed by atoms with E-state index in [-0.39, 0.29) is 5.91 Å². The maximum absolute atomic E-state index is 13.7. The van der Waals surface area contributed by atoms with Crippen LogP contribution in [0.1, 0.15) is 5.56 Å². The fraction of sp³-hybridized carbons (Fsp3) is 0.286. The van der Waals surface area contributed by atoms with Crippen molar-refractivity contribution in [3.05, 3.63) is 84.4 Å². The van der Waals surface area contributed by atoms with Crippen LogP contribution in [0.4, 0.5) is 11.4 Å². The predicted octanol–water partition coefficient (Wildman–Crippen LogP) is 3.84. The van der Waals surface area contributed by atoms with Gasteiger partial charge in [-0.1, -0.05) is 54.6 Å². The van der Waals surface area contributed by atoms with Crippen molar-refractivity contribution >= 4 is 23.2 Å². The number of methoxy groups -OCH3 is 2. The van der Waals surface area contributed by atoms with Gasteiger partial charge in [0, 0.05) is 32.6 Å². The molecule has 35 heavy (non-hydrogen) atoms. The molecular formula is C28H30N4O3. The van der Waals surface area contributed by atoms with E-state index in [1.807, 2.05) is 72.8 Å². The summed E-state index contributed by atoms with van der Waals surface area (Å²) in [6.07, 6.45) is 0.565. The zero-order chi connectivity index (χ0) is 24.2. The Morgan fingerprint density at radius 2 is 1.29 bits per heavy atom. The van der Waals surface area contributed by atoms with Crippen LogP contribution in [-0.4, -0.2) is 63.2 Å². The molecule has 2 aliphatic heterocycles. The quantitative estimate of drug-likeness (QED) is 0.548. The van der Waals surface area contributed by atoms with Crippen LogP contribution in [0.3, 0.4) is 0 Å². The summed E-state index contributed by atoms with van der Waals surface area (Å²) in [5.41, 5.74) is 2.90. The highest BCUT2D eigenvalue weighted by atomic mass is 16.5. The van der Waals surface area contributed by atoms with Crippen LogP contribution in [-0.2, 0) is 11.2 Å². The number of amides is 1. The fourth-order valence-corrected chi connectivity index (χ4v) is 4.77. The SMILES string of the molecule is COc1ccccc1N1CCN(C2=NC(Cc3ccccc3)C(=O)N2c2ccccc2OC)CC1. The summed E-state index contributed by atoms with van der Waals surface area (Å²) in [7, 11) is 3.33. The standard InChI is InChI=1S/C28H30N4O3/c1-34-25-14-8-6-12-23(25)30-16-18-31(19-17-30)28-29-22(20-21-10-4-3-5-11-21)27(33)32(28)24-13-7-9-15-26(24)35-2/h3-15,22H,16-20H2,1-2H3. The van der Waals surface area contributed by atoms with Gasteiger partial charge >= 0.3 is 0 Å². The Labute approximate surface area is 206 Å². The van der Waals surface area contributed by atoms with Gasteiger partial charge in [-0.15, -0.1) is 0 Å². The van der Waals surface area contributed by atoms with Gasteiger partial charge in [0.15, 0.2) is 0 Å². The third-order valence-corrected chi connectivity index (χ3v) is 6.56. The first-order valence-electron chi connectivity index (χ1n) is 11.9. The van der Waals surface area contributed by atoms with Gasteiger partial charge in [0.1, 0.15) is 17.5 Å². The summed E-state index contributed by atoms with van der Waals surface area (Å²) < 4.78 is 11.2. The molecule has 0 radical (unpaired) electrons. The molecule has 1 saturated heterocycles. The summed E-state index contributed by atoms with van der Waals surface area (Å²) in [5, 5.41) is 0. The number of guanidine groups is 1. The average molecular weight is 471 g/mol. The number of hydrogen-bond donors (Lipinski definition) is 0. The first-order valence-corrected chi connectivity index (χ1v) is 11.9. The Bertz CT molecular complexity index is 1210. The normalized spacial score (nSPS) is 18.0. The fourth-order valence-electron chi connectivity index (χ4n) is 4.77. The number of ether oxygens (including phenoxy) is 2. The van der Waals surface area contributed by atoms with E-state index in [0.29, 0.717) is 18.1 Å². The van der Waals surface area contributed by atoms with Crippen molar-refractivity contribution in [1.82, 2.24) is 4.90 Å². The zero-order valence-electron chi connectivity index (χ0n) is 20.1. The first kappa shape index (κ1) is 22.8. The van der Waals surface area contributed by atoms with Crippen molar-refractivity contribution in [2.45, 2.75) is 12.5 Å². The van der Waals surface area contributed by atoms with Crippen LogP contribution < -0.4 is 19.3 Å². The molecule has 1 fully saturated rings. The summed E-state index contributed by atoms with van der Waals surface area (Å²) >= 11 is 0. The van der Waals surface area contributed by atoms with Crippen LogP contribution in [0.25, 0.3) is 0 Å². The highest BCUT2D eigenvalue weighted by molar-refractivity contribution is 6.22. The highest BCUT2D eigenvalue weighted by Gasteiger charge is 2.40. The molecule has 3 aromatic carbocycles. The second-order valence-corrected chi connectivity index (χ2v) is 8.63. The van der Waals surface area contributed by atoms with Crippen molar-refractivity contribution < 1.29 is 14.3 Å². The first-order chi connectivity index (χ1) is 17.2. The molecule has 180 valence electrons. The lowest BCUT2D eigenvalue weighted by molar-refractivity contribution is -0.118. The van der Waals surface area contributed by atoms with Gasteiger partial charge in [0.25, 0.3) is 5.91 Å². The van der Waals surface area contributed by atoms with Crippen LogP contribution >= 0.6 is 0 Å². The molecule has 0 bridgehead atoms. The van der Waals surface area contributed by atoms with E-state index < -0.39 is 6.04 Å². The lowest BCUT2D eigenvalue weighted by Gasteiger charge is -2.39. The van der Waals surface area contributed by atoms with Gasteiger partial charge in [0.2, 0.25) is 5.96 Å². The molecule has 3 aromatic rings. The molecule has 1 unspecified atom stereocenters. The van der Waals surface area contributed by atoms with E-state index in [0.717, 1.165) is 48.9 Å². The molecular weight excluding hydrogens is 440 g/mol. The van der Waals surface area contributed by atoms with Crippen molar-refractivity contribution in [3.63, 3.8) is 0 Å². The third-order valence-electron chi connectivity index (χ3n) is 6.56. The molecule has 5 rings (SSSR count). The Kier molecular flexibility index (Phi) is 6.57. The number of para-hydroxylation sites is 4. The molecule has 7 nitrogen and oxygen atoms in total. The average Bonchev–Trinajstić information content (AvgIpc) is 3.24. The van der Waals surface area contributed by atoms with Crippen LogP contribution in [0.15, 0.2) is 83.9 Å². The predicted molar refractivity (Wildman–Crippen MR) is 139 cm³/mol. The summed E-state index contributed by atoms with van der Waals surface area (Å²) in [6.45, 7) is 3.09. The molecule has 0 spiro atoms. The van der Waals surface area contributed by atoms with Crippen molar-refractivity contribution in [2.75, 3.05) is 50.2 Å². The topological polar surface area (TPSA) is 57.6 Å². The van der Waals surface area contributed by atoms with E-state index >= 15 is 0 Å². The molecule has 0 saturated carbocycles. The van der Waals surface area contributed by atoms with E-state index in [9.17, 15) is 4.79 Å². The lowest BCUT2D eigenvalue weighted by Crippen LogP contribution is -2.53. The van der Waals surface area contributed by atoms with Crippen molar-refractivity contribution in [3.8, 4) is 11.5 Å². The van der Waals surface area contributed by atoms with Crippen LogP contribution in [0.5, 0.6) is 11.5 Å². The summed E-state index contributed by atoms with van der Waals surface area (Å²) in [6, 6.07) is 25.3. The lowest BCUT2D eigenvalue weighted by atomic mass is 10.1. The Hall–Kier alpha value is -4.00. The molecule has 7 heteroatoms. The van der Waals surface area contributed by atoms with Gasteiger partial charge in [-0.3, -0.25) is 4.79 Å². The highest BCUT2D eigenvalue weighted by Crippen LogP contribution is 2.34. The molecule has 1 atom stereocenters. The number of nitrogens with zero attached hydrogens (tertiary/aromatic N) is 4. The van der Waals surface area contributed by atoms with E-state index in [4.69, 9.17) is 14.5 Å². The number of hydrogen-bond acceptors (Lipinski definition) is 6. The molecule has 0 aromatic heterocycles. The monoisotopic (exact) mass is 470 g/mol. The maximum Gasteiger partial charge on any atom is 0.259 e. The van der Waals surface area contributed by atoms with Crippen molar-refractivity contribution in [2.24, 2.45) is 4.99 Å². The summed E-state index contributed by atoms with van der Waals surface area (Å²) in [5.74, 6) is 2.19. The van der Waals surface area contributed by atoms with Gasteiger partial charge in [-0.05, 0) is 29.8 Å². The smallest absolute Gasteiger partial charge is 0.259 e. The molecule has 0 N–H and O–H groups in total. The number of aliphatic imine (C=N–C) groups is 1. The summed E-state index contributed by atoms with van der Waals surface area (Å²) in [4.78, 5) is 24.9. The number of benzene rings is 3. The minimum Gasteiger partial charge on any atom is -0.495 e. The van der Waals surface area contributed by atoms with Gasteiger partial charge in [-0.25, -0.2) is 9.89 Å². The van der Waals surface area contributed by atoms with E-state index in [1.54, 1.807) is 19.1 Å². The molecule has 2 heterocycles. The second kappa shape index (κ2) is 10.1. The van der Waals surface area contributed by atoms with Gasteiger partial charge in [-0.2, -0.15) is 0 Å². The van der Waals surface area contributed by atoms with E-state index in [2.05, 4.69) is 15.9 Å². The molecule has 0 aliphatic carbocycles. The van der Waals surface area contributed by atoms with Crippen molar-refractivity contribution in [1.29, 1.82) is 0 Å². The number of rotatable bonds is 6. The third kappa shape index (κ3) is 4.54. The van der Waals surface area contributed by atoms with Gasteiger partial charge < -0.3 is 19.3 Å². The zero-order valence-corrected chi connectivity index (χ0v) is 20.1. The van der Waals surface area contributed by atoms with Crippen LogP contribution in [0.2, 0.25) is 0 Å².